The molecular weight excluding hydrogens is 396 g/mol. The molecule has 0 radical (unpaired) electrons. The van der Waals surface area contributed by atoms with Gasteiger partial charge in [0.2, 0.25) is 5.91 Å². The number of carbonyl (C=O) groups excluding carboxylic acids is 1. The van der Waals surface area contributed by atoms with Gasteiger partial charge in [0.25, 0.3) is 0 Å². The van der Waals surface area contributed by atoms with Gasteiger partial charge in [-0.3, -0.25) is 4.79 Å². The maximum atomic E-state index is 12.4. The first-order valence-corrected chi connectivity index (χ1v) is 11.3. The molecule has 0 fully saturated rings. The van der Waals surface area contributed by atoms with Crippen molar-refractivity contribution in [3.05, 3.63) is 77.7 Å². The zero-order valence-corrected chi connectivity index (χ0v) is 18.0. The quantitative estimate of drug-likeness (QED) is 0.357. The number of benzene rings is 3. The zero-order valence-electron chi connectivity index (χ0n) is 16.4. The molecule has 0 aliphatic rings. The van der Waals surface area contributed by atoms with Crippen LogP contribution in [-0.4, -0.2) is 16.1 Å². The molecule has 1 heterocycles. The van der Waals surface area contributed by atoms with E-state index in [1.54, 1.807) is 0 Å². The number of hydrogen-bond acceptors (Lipinski definition) is 4. The SMILES string of the molecule is CC(C)Sc1ccc(CC(=O)Nc2nc(-c3ccc4ccccc4c3)cs2)cc1. The van der Waals surface area contributed by atoms with Crippen molar-refractivity contribution in [2.45, 2.75) is 30.4 Å². The third kappa shape index (κ3) is 5.05. The number of aromatic nitrogens is 1. The number of thioether (sulfide) groups is 1. The summed E-state index contributed by atoms with van der Waals surface area (Å²) in [6.45, 7) is 4.35. The number of carbonyl (C=O) groups is 1. The van der Waals surface area contributed by atoms with Gasteiger partial charge in [0.05, 0.1) is 12.1 Å². The van der Waals surface area contributed by atoms with Crippen LogP contribution in [0.15, 0.2) is 77.0 Å². The summed E-state index contributed by atoms with van der Waals surface area (Å²) in [5.74, 6) is -0.0475. The van der Waals surface area contributed by atoms with Crippen LogP contribution in [-0.2, 0) is 11.2 Å². The fourth-order valence-corrected chi connectivity index (χ4v) is 4.69. The van der Waals surface area contributed by atoms with E-state index in [1.165, 1.54) is 27.0 Å². The topological polar surface area (TPSA) is 42.0 Å². The Morgan fingerprint density at radius 2 is 1.79 bits per heavy atom. The standard InChI is InChI=1S/C24H22N2OS2/c1-16(2)29-21-11-7-17(8-12-21)13-23(27)26-24-25-22(15-28-24)20-10-9-18-5-3-4-6-19(18)14-20/h3-12,14-16H,13H2,1-2H3,(H,25,26,27). The molecule has 0 unspecified atom stereocenters. The number of thiazole rings is 1. The molecule has 4 rings (SSSR count). The van der Waals surface area contributed by atoms with E-state index in [0.717, 1.165) is 16.8 Å². The molecule has 3 nitrogen and oxygen atoms in total. The maximum Gasteiger partial charge on any atom is 0.230 e. The van der Waals surface area contributed by atoms with Gasteiger partial charge in [-0.25, -0.2) is 4.98 Å². The van der Waals surface area contributed by atoms with E-state index in [4.69, 9.17) is 0 Å². The lowest BCUT2D eigenvalue weighted by atomic mass is 10.1. The van der Waals surface area contributed by atoms with Crippen molar-refractivity contribution >= 4 is 44.9 Å². The number of rotatable bonds is 6. The Morgan fingerprint density at radius 1 is 1.03 bits per heavy atom. The predicted molar refractivity (Wildman–Crippen MR) is 125 cm³/mol. The van der Waals surface area contributed by atoms with Crippen LogP contribution in [0.25, 0.3) is 22.0 Å². The van der Waals surface area contributed by atoms with E-state index in [-0.39, 0.29) is 5.91 Å². The van der Waals surface area contributed by atoms with E-state index >= 15 is 0 Å². The first-order chi connectivity index (χ1) is 14.1. The van der Waals surface area contributed by atoms with Crippen molar-refractivity contribution in [1.82, 2.24) is 4.98 Å². The van der Waals surface area contributed by atoms with Crippen LogP contribution in [0.3, 0.4) is 0 Å². The van der Waals surface area contributed by atoms with E-state index in [2.05, 4.69) is 66.6 Å². The number of fused-ring (bicyclic) bond motifs is 1. The normalized spacial score (nSPS) is 11.1. The van der Waals surface area contributed by atoms with Gasteiger partial charge in [0.15, 0.2) is 5.13 Å². The number of nitrogens with zero attached hydrogens (tertiary/aromatic N) is 1. The maximum absolute atomic E-state index is 12.4. The minimum atomic E-state index is -0.0475. The van der Waals surface area contributed by atoms with E-state index in [0.29, 0.717) is 16.8 Å². The third-order valence-electron chi connectivity index (χ3n) is 4.46. The monoisotopic (exact) mass is 418 g/mol. The van der Waals surface area contributed by atoms with Crippen LogP contribution in [0.2, 0.25) is 0 Å². The first kappa shape index (κ1) is 19.7. The largest absolute Gasteiger partial charge is 0.302 e. The van der Waals surface area contributed by atoms with Crippen LogP contribution >= 0.6 is 23.1 Å². The summed E-state index contributed by atoms with van der Waals surface area (Å²) >= 11 is 3.27. The van der Waals surface area contributed by atoms with Crippen LogP contribution in [0.5, 0.6) is 0 Å². The lowest BCUT2D eigenvalue weighted by Gasteiger charge is -2.06. The Bertz CT molecular complexity index is 1130. The van der Waals surface area contributed by atoms with E-state index < -0.39 is 0 Å². The predicted octanol–water partition coefficient (Wildman–Crippen LogP) is 6.65. The molecule has 0 aliphatic heterocycles. The number of hydrogen-bond donors (Lipinski definition) is 1. The molecule has 29 heavy (non-hydrogen) atoms. The highest BCUT2D eigenvalue weighted by Gasteiger charge is 2.10. The van der Waals surface area contributed by atoms with Crippen molar-refractivity contribution in [3.63, 3.8) is 0 Å². The van der Waals surface area contributed by atoms with Gasteiger partial charge in [-0.05, 0) is 34.5 Å². The Kier molecular flexibility index (Phi) is 5.97. The number of anilines is 1. The summed E-state index contributed by atoms with van der Waals surface area (Å²) in [6, 6.07) is 22.8. The molecule has 3 aromatic carbocycles. The van der Waals surface area contributed by atoms with Gasteiger partial charge in [-0.15, -0.1) is 23.1 Å². The van der Waals surface area contributed by atoms with E-state index in [1.807, 2.05) is 41.4 Å². The van der Waals surface area contributed by atoms with Gasteiger partial charge in [-0.1, -0.05) is 62.4 Å². The Morgan fingerprint density at radius 3 is 2.55 bits per heavy atom. The molecular formula is C24H22N2OS2. The van der Waals surface area contributed by atoms with Crippen molar-refractivity contribution in [3.8, 4) is 11.3 Å². The lowest BCUT2D eigenvalue weighted by Crippen LogP contribution is -2.14. The van der Waals surface area contributed by atoms with Crippen molar-refractivity contribution in [2.24, 2.45) is 0 Å². The molecule has 0 saturated carbocycles. The second-order valence-corrected chi connectivity index (χ2v) is 9.64. The van der Waals surface area contributed by atoms with Crippen molar-refractivity contribution in [1.29, 1.82) is 0 Å². The Hall–Kier alpha value is -2.63. The Balaban J connectivity index is 1.41. The number of amides is 1. The summed E-state index contributed by atoms with van der Waals surface area (Å²) in [7, 11) is 0. The molecule has 4 aromatic rings. The second kappa shape index (κ2) is 8.80. The van der Waals surface area contributed by atoms with Gasteiger partial charge in [-0.2, -0.15) is 0 Å². The average molecular weight is 419 g/mol. The zero-order chi connectivity index (χ0) is 20.2. The molecule has 0 aliphatic carbocycles. The molecule has 0 atom stereocenters. The summed E-state index contributed by atoms with van der Waals surface area (Å²) in [4.78, 5) is 18.2. The van der Waals surface area contributed by atoms with Crippen LogP contribution < -0.4 is 5.32 Å². The van der Waals surface area contributed by atoms with E-state index in [9.17, 15) is 4.79 Å². The molecule has 0 saturated heterocycles. The third-order valence-corrected chi connectivity index (χ3v) is 6.23. The van der Waals surface area contributed by atoms with Gasteiger partial charge in [0, 0.05) is 21.1 Å². The summed E-state index contributed by atoms with van der Waals surface area (Å²) in [5.41, 5.74) is 2.94. The minimum Gasteiger partial charge on any atom is -0.302 e. The summed E-state index contributed by atoms with van der Waals surface area (Å²) in [5, 5.41) is 8.48. The molecule has 0 bridgehead atoms. The molecule has 1 amide bonds. The van der Waals surface area contributed by atoms with Crippen LogP contribution in [0.4, 0.5) is 5.13 Å². The smallest absolute Gasteiger partial charge is 0.230 e. The molecule has 1 N–H and O–H groups in total. The lowest BCUT2D eigenvalue weighted by molar-refractivity contribution is -0.115. The van der Waals surface area contributed by atoms with Gasteiger partial charge >= 0.3 is 0 Å². The van der Waals surface area contributed by atoms with Crippen LogP contribution in [0, 0.1) is 0 Å². The van der Waals surface area contributed by atoms with Crippen LogP contribution in [0.1, 0.15) is 19.4 Å². The molecule has 1 aromatic heterocycles. The highest BCUT2D eigenvalue weighted by Crippen LogP contribution is 2.28. The summed E-state index contributed by atoms with van der Waals surface area (Å²) in [6.07, 6.45) is 0.345. The fourth-order valence-electron chi connectivity index (χ4n) is 3.12. The first-order valence-electron chi connectivity index (χ1n) is 9.57. The highest BCUT2D eigenvalue weighted by atomic mass is 32.2. The molecule has 5 heteroatoms. The second-order valence-electron chi connectivity index (χ2n) is 7.14. The summed E-state index contributed by atoms with van der Waals surface area (Å²) < 4.78 is 0. The average Bonchev–Trinajstić information content (AvgIpc) is 3.17. The molecule has 0 spiro atoms. The highest BCUT2D eigenvalue weighted by molar-refractivity contribution is 7.99. The van der Waals surface area contributed by atoms with Crippen molar-refractivity contribution < 1.29 is 4.79 Å². The number of nitrogens with one attached hydrogen (secondary N) is 1. The molecule has 146 valence electrons. The fraction of sp³-hybridized carbons (Fsp3) is 0.167. The Labute approximate surface area is 179 Å². The minimum absolute atomic E-state index is 0.0475. The van der Waals surface area contributed by atoms with Gasteiger partial charge < -0.3 is 5.32 Å². The van der Waals surface area contributed by atoms with Gasteiger partial charge in [0.1, 0.15) is 0 Å². The van der Waals surface area contributed by atoms with Crippen molar-refractivity contribution in [2.75, 3.05) is 5.32 Å².